The van der Waals surface area contributed by atoms with Gasteiger partial charge in [-0.1, -0.05) is 60.7 Å². The van der Waals surface area contributed by atoms with Crippen molar-refractivity contribution in [1.29, 1.82) is 0 Å². The number of hydrogen-bond donors (Lipinski definition) is 3. The molecule has 1 aliphatic heterocycles. The van der Waals surface area contributed by atoms with Crippen molar-refractivity contribution < 1.29 is 23.9 Å². The van der Waals surface area contributed by atoms with Gasteiger partial charge in [-0.2, -0.15) is 0 Å². The lowest BCUT2D eigenvalue weighted by atomic mass is 9.76. The third kappa shape index (κ3) is 7.61. The lowest BCUT2D eigenvalue weighted by Crippen LogP contribution is -2.65. The Kier molecular flexibility index (Phi) is 8.61. The van der Waals surface area contributed by atoms with Crippen LogP contribution in [0.3, 0.4) is 0 Å². The number of alkyl carbamates (subject to hydrolysis) is 2. The summed E-state index contributed by atoms with van der Waals surface area (Å²) in [7, 11) is 0. The van der Waals surface area contributed by atoms with E-state index in [1.54, 1.807) is 0 Å². The topological polar surface area (TPSA) is 118 Å². The second-order valence-electron chi connectivity index (χ2n) is 8.51. The predicted octanol–water partition coefficient (Wildman–Crippen LogP) is 3.50. The average Bonchev–Trinajstić information content (AvgIpc) is 2.82. The second-order valence-corrected chi connectivity index (χ2v) is 8.51. The van der Waals surface area contributed by atoms with Crippen LogP contribution in [0, 0.1) is 5.92 Å². The zero-order chi connectivity index (χ0) is 24.4. The molecule has 0 unspecified atom stereocenters. The molecule has 0 aliphatic carbocycles. The molecule has 0 saturated carbocycles. The number of amides is 3. The number of benzene rings is 2. The molecule has 1 atom stereocenters. The molecule has 1 heterocycles. The smallest absolute Gasteiger partial charge is 0.414 e. The molecule has 9 nitrogen and oxygen atoms in total. The first kappa shape index (κ1) is 24.8. The fraction of sp³-hybridized carbons (Fsp3) is 0.360. The zero-order valence-corrected chi connectivity index (χ0v) is 19.4. The molecule has 0 spiro atoms. The third-order valence-electron chi connectivity index (χ3n) is 5.42. The van der Waals surface area contributed by atoms with Gasteiger partial charge in [-0.15, -0.1) is 0 Å². The number of β-lactam (4-membered cyclic amide) rings is 1. The number of carbonyl (C=O) groups excluding carboxylic acids is 3. The van der Waals surface area contributed by atoms with E-state index in [-0.39, 0.29) is 36.5 Å². The van der Waals surface area contributed by atoms with Crippen molar-refractivity contribution in [3.8, 4) is 0 Å². The van der Waals surface area contributed by atoms with E-state index >= 15 is 0 Å². The Balaban J connectivity index is 1.53. The molecule has 1 saturated heterocycles. The van der Waals surface area contributed by atoms with E-state index in [1.807, 2.05) is 74.5 Å². The van der Waals surface area contributed by atoms with Crippen molar-refractivity contribution in [2.24, 2.45) is 10.9 Å². The lowest BCUT2D eigenvalue weighted by molar-refractivity contribution is -0.140. The molecule has 9 heteroatoms. The average molecular weight is 467 g/mol. The highest BCUT2D eigenvalue weighted by Gasteiger charge is 2.45. The molecule has 1 fully saturated rings. The van der Waals surface area contributed by atoms with Crippen molar-refractivity contribution in [2.75, 3.05) is 6.54 Å². The summed E-state index contributed by atoms with van der Waals surface area (Å²) in [6.07, 6.45) is -0.269. The van der Waals surface area contributed by atoms with E-state index < -0.39 is 12.2 Å². The van der Waals surface area contributed by atoms with Gasteiger partial charge in [0.05, 0.1) is 5.92 Å². The Hall–Kier alpha value is -3.88. The van der Waals surface area contributed by atoms with Gasteiger partial charge in [0, 0.05) is 12.1 Å². The van der Waals surface area contributed by atoms with Crippen molar-refractivity contribution >= 4 is 24.1 Å². The molecule has 0 bridgehead atoms. The van der Waals surface area contributed by atoms with Gasteiger partial charge >= 0.3 is 12.2 Å². The van der Waals surface area contributed by atoms with Crippen LogP contribution < -0.4 is 16.0 Å². The molecular formula is C25H30N4O5. The first-order chi connectivity index (χ1) is 16.3. The highest BCUT2D eigenvalue weighted by atomic mass is 16.6. The van der Waals surface area contributed by atoms with Gasteiger partial charge in [0.1, 0.15) is 13.2 Å². The minimum Gasteiger partial charge on any atom is -0.444 e. The first-order valence-electron chi connectivity index (χ1n) is 11.2. The van der Waals surface area contributed by atoms with E-state index in [4.69, 9.17) is 9.47 Å². The minimum atomic E-state index is -0.759. The summed E-state index contributed by atoms with van der Waals surface area (Å²) < 4.78 is 10.4. The van der Waals surface area contributed by atoms with Gasteiger partial charge in [0.2, 0.25) is 11.9 Å². The Morgan fingerprint density at radius 2 is 1.41 bits per heavy atom. The fourth-order valence-electron chi connectivity index (χ4n) is 3.54. The van der Waals surface area contributed by atoms with Gasteiger partial charge in [0.25, 0.3) is 0 Å². The Morgan fingerprint density at radius 1 is 0.912 bits per heavy atom. The summed E-state index contributed by atoms with van der Waals surface area (Å²) in [4.78, 5) is 40.5. The minimum absolute atomic E-state index is 0.0273. The molecule has 3 rings (SSSR count). The van der Waals surface area contributed by atoms with Crippen LogP contribution in [-0.2, 0) is 27.5 Å². The summed E-state index contributed by atoms with van der Waals surface area (Å²) in [6.45, 7) is 4.40. The number of nitrogens with one attached hydrogen (secondary N) is 3. The molecule has 3 amide bonds. The number of guanidine groups is 1. The number of rotatable bonds is 8. The van der Waals surface area contributed by atoms with Crippen LogP contribution in [0.2, 0.25) is 0 Å². The van der Waals surface area contributed by atoms with Crippen LogP contribution in [0.25, 0.3) is 0 Å². The van der Waals surface area contributed by atoms with E-state index in [0.29, 0.717) is 19.4 Å². The van der Waals surface area contributed by atoms with Gasteiger partial charge < -0.3 is 14.8 Å². The molecule has 2 aromatic rings. The molecular weight excluding hydrogens is 436 g/mol. The largest absolute Gasteiger partial charge is 0.444 e. The maximum absolute atomic E-state index is 12.3. The van der Waals surface area contributed by atoms with Crippen LogP contribution in [0.4, 0.5) is 9.59 Å². The summed E-state index contributed by atoms with van der Waals surface area (Å²) in [5.41, 5.74) is 1.42. The normalized spacial score (nSPS) is 15.8. The SMILES string of the molecule is CC1(C)NC(=O)[C@@H]1CCCN=C(NC(=O)OCc1ccccc1)NC(=O)OCc1ccccc1. The number of nitrogens with zero attached hydrogens (tertiary/aromatic N) is 1. The first-order valence-corrected chi connectivity index (χ1v) is 11.2. The van der Waals surface area contributed by atoms with E-state index in [1.165, 1.54) is 0 Å². The second kappa shape index (κ2) is 11.8. The van der Waals surface area contributed by atoms with Gasteiger partial charge in [-0.25, -0.2) is 9.59 Å². The fourth-order valence-corrected chi connectivity index (χ4v) is 3.54. The van der Waals surface area contributed by atoms with Crippen molar-refractivity contribution in [3.05, 3.63) is 71.8 Å². The van der Waals surface area contributed by atoms with Crippen LogP contribution in [0.5, 0.6) is 0 Å². The van der Waals surface area contributed by atoms with Crippen LogP contribution in [-0.4, -0.2) is 36.1 Å². The third-order valence-corrected chi connectivity index (χ3v) is 5.42. The molecule has 34 heavy (non-hydrogen) atoms. The quantitative estimate of drug-likeness (QED) is 0.238. The van der Waals surface area contributed by atoms with Crippen LogP contribution in [0.1, 0.15) is 37.8 Å². The van der Waals surface area contributed by atoms with Crippen molar-refractivity contribution in [2.45, 2.75) is 45.4 Å². The molecule has 180 valence electrons. The van der Waals surface area contributed by atoms with Crippen LogP contribution >= 0.6 is 0 Å². The number of aliphatic imine (C=N–C) groups is 1. The maximum atomic E-state index is 12.3. The van der Waals surface area contributed by atoms with Gasteiger partial charge in [0.15, 0.2) is 0 Å². The monoisotopic (exact) mass is 466 g/mol. The number of hydrogen-bond acceptors (Lipinski definition) is 6. The lowest BCUT2D eigenvalue weighted by Gasteiger charge is -2.44. The Labute approximate surface area is 198 Å². The predicted molar refractivity (Wildman–Crippen MR) is 127 cm³/mol. The summed E-state index contributed by atoms with van der Waals surface area (Å²) in [5, 5.41) is 7.78. The molecule has 2 aromatic carbocycles. The summed E-state index contributed by atoms with van der Waals surface area (Å²) >= 11 is 0. The molecule has 0 aromatic heterocycles. The van der Waals surface area contributed by atoms with Crippen molar-refractivity contribution in [1.82, 2.24) is 16.0 Å². The highest BCUT2D eigenvalue weighted by Crippen LogP contribution is 2.30. The molecule has 1 aliphatic rings. The number of carbonyl (C=O) groups is 3. The van der Waals surface area contributed by atoms with E-state index in [2.05, 4.69) is 20.9 Å². The highest BCUT2D eigenvalue weighted by molar-refractivity contribution is 6.01. The van der Waals surface area contributed by atoms with Gasteiger partial charge in [-0.05, 0) is 37.8 Å². The molecule has 0 radical (unpaired) electrons. The van der Waals surface area contributed by atoms with Crippen LogP contribution in [0.15, 0.2) is 65.7 Å². The molecule has 3 N–H and O–H groups in total. The van der Waals surface area contributed by atoms with Crippen molar-refractivity contribution in [3.63, 3.8) is 0 Å². The summed E-state index contributed by atoms with van der Waals surface area (Å²) in [5.74, 6) is -0.133. The van der Waals surface area contributed by atoms with E-state index in [9.17, 15) is 14.4 Å². The number of ether oxygens (including phenoxy) is 2. The van der Waals surface area contributed by atoms with Gasteiger partial charge in [-0.3, -0.25) is 20.4 Å². The Morgan fingerprint density at radius 3 is 1.85 bits per heavy atom. The Bertz CT molecular complexity index is 949. The maximum Gasteiger partial charge on any atom is 0.414 e. The standard InChI is InChI=1S/C25H30N4O5/c1-25(2)20(21(30)29-25)14-9-15-26-22(27-23(31)33-16-18-10-5-3-6-11-18)28-24(32)34-17-19-12-7-4-8-13-19/h3-8,10-13,20H,9,14-17H2,1-2H3,(H,29,30)(H2,26,27,28,31,32)/t20-/m0/s1. The summed E-state index contributed by atoms with van der Waals surface area (Å²) in [6, 6.07) is 18.4. The van der Waals surface area contributed by atoms with E-state index in [0.717, 1.165) is 11.1 Å². The zero-order valence-electron chi connectivity index (χ0n) is 19.4.